The summed E-state index contributed by atoms with van der Waals surface area (Å²) in [7, 11) is 1.69. The zero-order valence-corrected chi connectivity index (χ0v) is 21.4. The molecule has 0 saturated carbocycles. The van der Waals surface area contributed by atoms with Gasteiger partial charge in [0.25, 0.3) is 0 Å². The lowest BCUT2D eigenvalue weighted by Crippen LogP contribution is -2.45. The van der Waals surface area contributed by atoms with E-state index in [1.165, 1.54) is 10.6 Å². The second-order valence-corrected chi connectivity index (χ2v) is 10.3. The molecule has 2 atom stereocenters. The van der Waals surface area contributed by atoms with Gasteiger partial charge in [-0.2, -0.15) is 5.10 Å². The van der Waals surface area contributed by atoms with Crippen LogP contribution in [0.4, 0.5) is 10.6 Å². The minimum atomic E-state index is -0.725. The van der Waals surface area contributed by atoms with Gasteiger partial charge in [-0.15, -0.1) is 0 Å². The Morgan fingerprint density at radius 2 is 1.76 bits per heavy atom. The number of pyridine rings is 1. The van der Waals surface area contributed by atoms with E-state index in [1.54, 1.807) is 24.0 Å². The third kappa shape index (κ3) is 4.56. The molecule has 0 fully saturated rings. The molecule has 8 nitrogen and oxygen atoms in total. The van der Waals surface area contributed by atoms with Crippen molar-refractivity contribution >= 4 is 11.8 Å². The molecule has 2 aromatic carbocycles. The van der Waals surface area contributed by atoms with Gasteiger partial charge in [-0.1, -0.05) is 56.3 Å². The van der Waals surface area contributed by atoms with E-state index < -0.39 is 18.2 Å². The number of carbonyl (C=O) groups excluding carboxylic acids is 1. The molecule has 2 amide bonds. The monoisotopic (exact) mass is 497 g/mol. The molecule has 2 heterocycles. The maximum atomic E-state index is 13.4. The number of rotatable bonds is 4. The topological polar surface area (TPSA) is 101 Å². The molecule has 4 aromatic rings. The van der Waals surface area contributed by atoms with Crippen molar-refractivity contribution in [2.24, 2.45) is 7.05 Å². The van der Waals surface area contributed by atoms with Gasteiger partial charge in [-0.3, -0.25) is 10.1 Å². The fraction of sp³-hybridized carbons (Fsp3) is 0.276. The highest BCUT2D eigenvalue weighted by molar-refractivity contribution is 5.91. The third-order valence-electron chi connectivity index (χ3n) is 7.13. The van der Waals surface area contributed by atoms with Gasteiger partial charge in [-0.05, 0) is 48.1 Å². The largest absolute Gasteiger partial charge is 0.391 e. The smallest absolute Gasteiger partial charge is 0.320 e. The Morgan fingerprint density at radius 3 is 2.49 bits per heavy atom. The maximum Gasteiger partial charge on any atom is 0.320 e. The van der Waals surface area contributed by atoms with Crippen LogP contribution in [0.5, 0.6) is 0 Å². The van der Waals surface area contributed by atoms with Crippen LogP contribution in [0.15, 0.2) is 77.7 Å². The van der Waals surface area contributed by atoms with E-state index in [1.807, 2.05) is 55.5 Å². The second kappa shape index (κ2) is 9.37. The number of urea groups is 1. The number of hydrogen-bond acceptors (Lipinski definition) is 4. The van der Waals surface area contributed by atoms with Crippen molar-refractivity contribution in [3.05, 3.63) is 100.0 Å². The molecule has 1 aliphatic rings. The third-order valence-corrected chi connectivity index (χ3v) is 7.13. The van der Waals surface area contributed by atoms with Crippen LogP contribution < -0.4 is 16.2 Å². The number of carbonyl (C=O) groups is 1. The van der Waals surface area contributed by atoms with E-state index >= 15 is 0 Å². The number of amides is 2. The average Bonchev–Trinajstić information content (AvgIpc) is 3.19. The Balaban J connectivity index is 1.50. The number of aliphatic hydroxyl groups excluding tert-OH is 1. The van der Waals surface area contributed by atoms with Crippen LogP contribution in [-0.4, -0.2) is 31.6 Å². The van der Waals surface area contributed by atoms with Gasteiger partial charge in [0, 0.05) is 30.4 Å². The quantitative estimate of drug-likeness (QED) is 0.388. The van der Waals surface area contributed by atoms with Crippen molar-refractivity contribution < 1.29 is 9.90 Å². The summed E-state index contributed by atoms with van der Waals surface area (Å²) < 4.78 is 3.18. The van der Waals surface area contributed by atoms with Crippen molar-refractivity contribution in [2.75, 3.05) is 5.32 Å². The molecule has 0 saturated heterocycles. The molecule has 1 aliphatic carbocycles. The summed E-state index contributed by atoms with van der Waals surface area (Å²) >= 11 is 0. The second-order valence-electron chi connectivity index (χ2n) is 10.3. The van der Waals surface area contributed by atoms with Gasteiger partial charge in [0.15, 0.2) is 0 Å². The predicted molar refractivity (Wildman–Crippen MR) is 144 cm³/mol. The highest BCUT2D eigenvalue weighted by Crippen LogP contribution is 2.41. The molecule has 0 spiro atoms. The lowest BCUT2D eigenvalue weighted by Gasteiger charge is -2.40. The van der Waals surface area contributed by atoms with E-state index in [0.29, 0.717) is 17.9 Å². The van der Waals surface area contributed by atoms with Crippen LogP contribution in [0.2, 0.25) is 0 Å². The molecule has 0 aliphatic heterocycles. The minimum absolute atomic E-state index is 0.115. The Morgan fingerprint density at radius 1 is 1.05 bits per heavy atom. The first-order valence-electron chi connectivity index (χ1n) is 12.3. The molecule has 0 unspecified atom stereocenters. The number of aromatic nitrogens is 3. The van der Waals surface area contributed by atoms with Gasteiger partial charge < -0.3 is 15.0 Å². The number of aryl methyl sites for hydroxylation is 1. The molecule has 0 radical (unpaired) electrons. The summed E-state index contributed by atoms with van der Waals surface area (Å²) in [4.78, 5) is 25.3. The molecule has 8 heteroatoms. The molecular formula is C29H31N5O3. The van der Waals surface area contributed by atoms with E-state index in [4.69, 9.17) is 5.10 Å². The van der Waals surface area contributed by atoms with E-state index in [0.717, 1.165) is 27.9 Å². The fourth-order valence-electron chi connectivity index (χ4n) is 5.21. The van der Waals surface area contributed by atoms with Crippen LogP contribution in [0.1, 0.15) is 43.0 Å². The number of benzene rings is 2. The maximum absolute atomic E-state index is 13.4. The molecule has 2 aromatic heterocycles. The Labute approximate surface area is 215 Å². The van der Waals surface area contributed by atoms with E-state index in [-0.39, 0.29) is 11.0 Å². The molecule has 190 valence electrons. The number of nitrogens with zero attached hydrogens (tertiary/aromatic N) is 3. The van der Waals surface area contributed by atoms with E-state index in [9.17, 15) is 14.7 Å². The molecule has 0 bridgehead atoms. The normalized spacial score (nSPS) is 18.2. The highest BCUT2D eigenvalue weighted by atomic mass is 16.3. The molecule has 37 heavy (non-hydrogen) atoms. The van der Waals surface area contributed by atoms with Gasteiger partial charge >= 0.3 is 6.03 Å². The van der Waals surface area contributed by atoms with Crippen LogP contribution >= 0.6 is 0 Å². The number of para-hydroxylation sites is 1. The van der Waals surface area contributed by atoms with Crippen molar-refractivity contribution in [1.82, 2.24) is 19.7 Å². The minimum Gasteiger partial charge on any atom is -0.391 e. The first-order valence-corrected chi connectivity index (χ1v) is 12.3. The van der Waals surface area contributed by atoms with Crippen LogP contribution in [-0.2, 0) is 12.5 Å². The molecule has 5 rings (SSSR count). The molecular weight excluding hydrogens is 466 g/mol. The Kier molecular flexibility index (Phi) is 6.21. The molecule has 3 N–H and O–H groups in total. The summed E-state index contributed by atoms with van der Waals surface area (Å²) in [6.45, 7) is 6.10. The van der Waals surface area contributed by atoms with Crippen LogP contribution in [0.3, 0.4) is 0 Å². The van der Waals surface area contributed by atoms with Crippen molar-refractivity contribution in [2.45, 2.75) is 44.8 Å². The zero-order chi connectivity index (χ0) is 26.3. The van der Waals surface area contributed by atoms with E-state index in [2.05, 4.69) is 30.5 Å². The first-order chi connectivity index (χ1) is 17.7. The number of anilines is 1. The summed E-state index contributed by atoms with van der Waals surface area (Å²) in [5.74, 6) is 0.506. The predicted octanol–water partition coefficient (Wildman–Crippen LogP) is 4.45. The average molecular weight is 498 g/mol. The summed E-state index contributed by atoms with van der Waals surface area (Å²) in [5, 5.41) is 21.7. The lowest BCUT2D eigenvalue weighted by atomic mass is 9.70. The summed E-state index contributed by atoms with van der Waals surface area (Å²) in [5.41, 5.74) is 4.67. The number of nitrogens with one attached hydrogen (secondary N) is 2. The zero-order valence-electron chi connectivity index (χ0n) is 21.4. The number of hydrogen-bond donors (Lipinski definition) is 3. The number of fused-ring (bicyclic) bond motifs is 1. The van der Waals surface area contributed by atoms with Crippen LogP contribution in [0, 0.1) is 6.92 Å². The van der Waals surface area contributed by atoms with Gasteiger partial charge in [0.1, 0.15) is 5.82 Å². The van der Waals surface area contributed by atoms with Gasteiger partial charge in [0.05, 0.1) is 23.5 Å². The van der Waals surface area contributed by atoms with Crippen molar-refractivity contribution in [1.29, 1.82) is 0 Å². The first kappa shape index (κ1) is 24.5. The van der Waals surface area contributed by atoms with Crippen LogP contribution in [0.25, 0.3) is 16.9 Å². The summed E-state index contributed by atoms with van der Waals surface area (Å²) in [6.07, 6.45) is 1.54. The van der Waals surface area contributed by atoms with Crippen molar-refractivity contribution in [3.8, 4) is 16.9 Å². The number of aliphatic hydroxyl groups is 1. The summed E-state index contributed by atoms with van der Waals surface area (Å²) in [6, 6.07) is 19.7. The standard InChI is InChI=1S/C29H31N5O3/c1-18-25(19-14-15-24(36)33(4)17-19)32-34(20-10-6-5-7-11-20)27(18)31-28(37)30-26-21-12-8-9-13-22(21)29(2,3)16-23(26)35/h5-15,17,23,26,35H,16H2,1-4H3,(H2,30,31,37)/t23-,26-/m1/s1. The lowest BCUT2D eigenvalue weighted by molar-refractivity contribution is 0.0883. The fourth-order valence-corrected chi connectivity index (χ4v) is 5.21. The highest BCUT2D eigenvalue weighted by Gasteiger charge is 2.39. The SMILES string of the molecule is Cc1c(-c2ccc(=O)n(C)c2)nn(-c2ccccc2)c1NC(=O)N[C@@H]1c2ccccc2C(C)(C)C[C@H]1O. The Bertz CT molecular complexity index is 1520. The Hall–Kier alpha value is -4.17. The van der Waals surface area contributed by atoms with Crippen molar-refractivity contribution in [3.63, 3.8) is 0 Å². The van der Waals surface area contributed by atoms with Gasteiger partial charge in [-0.25, -0.2) is 9.48 Å². The van der Waals surface area contributed by atoms with Gasteiger partial charge in [0.2, 0.25) is 5.56 Å².